The first-order valence-corrected chi connectivity index (χ1v) is 12.2. The SMILES string of the molecule is Cc1c(Nc2ccc(C#N)cc2)ncnc1OC1CC2CCC(C1)N2S(=O)(=O)C1CC1. The van der Waals surface area contributed by atoms with Crippen LogP contribution in [0.1, 0.15) is 49.7 Å². The highest BCUT2D eigenvalue weighted by Gasteiger charge is 2.52. The molecule has 2 aromatic rings. The van der Waals surface area contributed by atoms with Crippen molar-refractivity contribution in [3.05, 3.63) is 41.7 Å². The van der Waals surface area contributed by atoms with E-state index >= 15 is 0 Å². The third-order valence-electron chi connectivity index (χ3n) is 6.46. The molecule has 1 aromatic heterocycles. The number of hydrogen-bond acceptors (Lipinski definition) is 7. The summed E-state index contributed by atoms with van der Waals surface area (Å²) in [7, 11) is -3.15. The number of fused-ring (bicyclic) bond motifs is 2. The number of nitrogens with one attached hydrogen (secondary N) is 1. The van der Waals surface area contributed by atoms with E-state index in [0.29, 0.717) is 30.1 Å². The first-order valence-electron chi connectivity index (χ1n) is 10.7. The summed E-state index contributed by atoms with van der Waals surface area (Å²) in [6.45, 7) is 1.91. The molecule has 0 spiro atoms. The summed E-state index contributed by atoms with van der Waals surface area (Å²) in [6.07, 6.45) is 6.22. The zero-order chi connectivity index (χ0) is 21.6. The van der Waals surface area contributed by atoms with Gasteiger partial charge in [0.2, 0.25) is 15.9 Å². The number of nitrogens with zero attached hydrogens (tertiary/aromatic N) is 4. The van der Waals surface area contributed by atoms with Gasteiger partial charge in [-0.25, -0.2) is 18.4 Å². The number of hydrogen-bond donors (Lipinski definition) is 1. The van der Waals surface area contributed by atoms with Crippen molar-refractivity contribution >= 4 is 21.5 Å². The molecule has 2 unspecified atom stereocenters. The van der Waals surface area contributed by atoms with Crippen molar-refractivity contribution < 1.29 is 13.2 Å². The summed E-state index contributed by atoms with van der Waals surface area (Å²) < 4.78 is 33.7. The van der Waals surface area contributed by atoms with Crippen LogP contribution < -0.4 is 10.1 Å². The highest BCUT2D eigenvalue weighted by molar-refractivity contribution is 7.90. The Morgan fingerprint density at radius 3 is 2.39 bits per heavy atom. The van der Waals surface area contributed by atoms with Crippen molar-refractivity contribution in [2.24, 2.45) is 0 Å². The van der Waals surface area contributed by atoms with E-state index in [-0.39, 0.29) is 23.4 Å². The van der Waals surface area contributed by atoms with Gasteiger partial charge in [0.1, 0.15) is 18.2 Å². The number of anilines is 2. The van der Waals surface area contributed by atoms with Gasteiger partial charge in [0.05, 0.1) is 22.4 Å². The Morgan fingerprint density at radius 1 is 1.10 bits per heavy atom. The molecule has 5 rings (SSSR count). The lowest BCUT2D eigenvalue weighted by atomic mass is 10.0. The molecule has 9 heteroatoms. The summed E-state index contributed by atoms with van der Waals surface area (Å²) >= 11 is 0. The lowest BCUT2D eigenvalue weighted by molar-refractivity contribution is 0.0910. The molecular formula is C22H25N5O3S. The van der Waals surface area contributed by atoms with E-state index in [1.807, 2.05) is 19.1 Å². The number of ether oxygens (including phenoxy) is 1. The largest absolute Gasteiger partial charge is 0.474 e. The molecule has 3 heterocycles. The van der Waals surface area contributed by atoms with E-state index in [2.05, 4.69) is 21.4 Å². The van der Waals surface area contributed by atoms with Gasteiger partial charge < -0.3 is 10.1 Å². The fourth-order valence-electron chi connectivity index (χ4n) is 4.74. The van der Waals surface area contributed by atoms with E-state index in [0.717, 1.165) is 36.9 Å². The van der Waals surface area contributed by atoms with E-state index in [1.54, 1.807) is 16.4 Å². The van der Waals surface area contributed by atoms with E-state index in [1.165, 1.54) is 6.33 Å². The van der Waals surface area contributed by atoms with Gasteiger partial charge in [0.15, 0.2) is 0 Å². The molecule has 1 aromatic carbocycles. The van der Waals surface area contributed by atoms with E-state index < -0.39 is 10.0 Å². The fourth-order valence-corrected chi connectivity index (χ4v) is 7.03. The van der Waals surface area contributed by atoms with E-state index in [9.17, 15) is 8.42 Å². The highest BCUT2D eigenvalue weighted by atomic mass is 32.2. The topological polar surface area (TPSA) is 108 Å². The van der Waals surface area contributed by atoms with Crippen LogP contribution in [0.25, 0.3) is 0 Å². The highest BCUT2D eigenvalue weighted by Crippen LogP contribution is 2.43. The molecule has 1 saturated carbocycles. The van der Waals surface area contributed by atoms with Crippen LogP contribution in [0.3, 0.4) is 0 Å². The van der Waals surface area contributed by atoms with Crippen molar-refractivity contribution in [1.82, 2.24) is 14.3 Å². The van der Waals surface area contributed by atoms with Crippen LogP contribution in [0.15, 0.2) is 30.6 Å². The summed E-state index contributed by atoms with van der Waals surface area (Å²) in [4.78, 5) is 8.66. The molecule has 1 N–H and O–H groups in total. The monoisotopic (exact) mass is 439 g/mol. The van der Waals surface area contributed by atoms with Crippen molar-refractivity contribution in [2.75, 3.05) is 5.32 Å². The average Bonchev–Trinajstić information content (AvgIpc) is 3.57. The first-order chi connectivity index (χ1) is 15.0. The molecule has 2 saturated heterocycles. The molecule has 0 amide bonds. The Hall–Kier alpha value is -2.70. The lowest BCUT2D eigenvalue weighted by Crippen LogP contribution is -2.50. The van der Waals surface area contributed by atoms with Gasteiger partial charge in [0, 0.05) is 30.6 Å². The molecule has 1 aliphatic carbocycles. The smallest absolute Gasteiger partial charge is 0.221 e. The second kappa shape index (κ2) is 7.77. The minimum absolute atomic E-state index is 0.0349. The number of piperidine rings is 1. The van der Waals surface area contributed by atoms with Crippen LogP contribution in [-0.2, 0) is 10.0 Å². The Labute approximate surface area is 182 Å². The second-order valence-corrected chi connectivity index (χ2v) is 10.8. The zero-order valence-corrected chi connectivity index (χ0v) is 18.2. The van der Waals surface area contributed by atoms with Gasteiger partial charge in [-0.05, 0) is 56.9 Å². The predicted molar refractivity (Wildman–Crippen MR) is 115 cm³/mol. The quantitative estimate of drug-likeness (QED) is 0.736. The van der Waals surface area contributed by atoms with Crippen LogP contribution in [0.4, 0.5) is 11.5 Å². The molecule has 3 fully saturated rings. The van der Waals surface area contributed by atoms with Gasteiger partial charge in [-0.2, -0.15) is 9.57 Å². The van der Waals surface area contributed by atoms with Gasteiger partial charge in [-0.1, -0.05) is 0 Å². The van der Waals surface area contributed by atoms with Crippen molar-refractivity contribution in [1.29, 1.82) is 5.26 Å². The van der Waals surface area contributed by atoms with Gasteiger partial charge in [-0.3, -0.25) is 0 Å². The Kier molecular flexibility index (Phi) is 5.07. The maximum atomic E-state index is 12.8. The minimum atomic E-state index is -3.15. The summed E-state index contributed by atoms with van der Waals surface area (Å²) in [5, 5.41) is 12.0. The lowest BCUT2D eigenvalue weighted by Gasteiger charge is -2.37. The average molecular weight is 440 g/mol. The Balaban J connectivity index is 1.29. The maximum Gasteiger partial charge on any atom is 0.221 e. The molecule has 2 aliphatic heterocycles. The van der Waals surface area contributed by atoms with Crippen LogP contribution in [-0.4, -0.2) is 46.1 Å². The third kappa shape index (κ3) is 3.86. The fraction of sp³-hybridized carbons (Fsp3) is 0.500. The minimum Gasteiger partial charge on any atom is -0.474 e. The maximum absolute atomic E-state index is 12.8. The number of rotatable bonds is 6. The Morgan fingerprint density at radius 2 is 1.77 bits per heavy atom. The van der Waals surface area contributed by atoms with Crippen molar-refractivity contribution in [2.45, 2.75) is 68.9 Å². The van der Waals surface area contributed by atoms with Crippen LogP contribution in [0.5, 0.6) is 5.88 Å². The molecule has 162 valence electrons. The van der Waals surface area contributed by atoms with Crippen molar-refractivity contribution in [3.8, 4) is 11.9 Å². The number of sulfonamides is 1. The summed E-state index contributed by atoms with van der Waals surface area (Å²) in [6, 6.07) is 9.32. The first kappa shape index (κ1) is 20.2. The molecule has 0 radical (unpaired) electrons. The number of aromatic nitrogens is 2. The van der Waals surface area contributed by atoms with Gasteiger partial charge >= 0.3 is 0 Å². The zero-order valence-electron chi connectivity index (χ0n) is 17.4. The predicted octanol–water partition coefficient (Wildman–Crippen LogP) is 3.27. The van der Waals surface area contributed by atoms with Crippen LogP contribution >= 0.6 is 0 Å². The molecular weight excluding hydrogens is 414 g/mol. The molecule has 8 nitrogen and oxygen atoms in total. The number of benzene rings is 1. The molecule has 2 bridgehead atoms. The number of nitriles is 1. The third-order valence-corrected chi connectivity index (χ3v) is 8.95. The summed E-state index contributed by atoms with van der Waals surface area (Å²) in [5.74, 6) is 1.17. The molecule has 31 heavy (non-hydrogen) atoms. The standard InChI is InChI=1S/C22H25N5O3S/c1-14-21(26-16-4-2-15(12-23)3-5-16)24-13-25-22(14)30-19-10-17-6-7-18(11-19)27(17)31(28,29)20-8-9-20/h2-5,13,17-20H,6-11H2,1H3,(H,24,25,26). The van der Waals surface area contributed by atoms with Crippen molar-refractivity contribution in [3.63, 3.8) is 0 Å². The molecule has 2 atom stereocenters. The van der Waals surface area contributed by atoms with Crippen LogP contribution in [0.2, 0.25) is 0 Å². The van der Waals surface area contributed by atoms with Crippen LogP contribution in [0, 0.1) is 18.3 Å². The Bertz CT molecular complexity index is 1110. The summed E-state index contributed by atoms with van der Waals surface area (Å²) in [5.41, 5.74) is 2.22. The van der Waals surface area contributed by atoms with E-state index in [4.69, 9.17) is 10.00 Å². The van der Waals surface area contributed by atoms with Gasteiger partial charge in [0.25, 0.3) is 0 Å². The molecule has 3 aliphatic rings. The normalized spacial score (nSPS) is 25.7. The second-order valence-electron chi connectivity index (χ2n) is 8.64. The van der Waals surface area contributed by atoms with Gasteiger partial charge in [-0.15, -0.1) is 0 Å².